The zero-order valence-corrected chi connectivity index (χ0v) is 14.2. The predicted molar refractivity (Wildman–Crippen MR) is 87.7 cm³/mol. The quantitative estimate of drug-likeness (QED) is 0.480. The van der Waals surface area contributed by atoms with Gasteiger partial charge in [-0.3, -0.25) is 14.9 Å². The Morgan fingerprint density at radius 2 is 1.92 bits per heavy atom. The Kier molecular flexibility index (Phi) is 5.54. The van der Waals surface area contributed by atoms with Crippen molar-refractivity contribution < 1.29 is 19.2 Å². The van der Waals surface area contributed by atoms with Crippen molar-refractivity contribution in [2.45, 2.75) is 52.1 Å². The van der Waals surface area contributed by atoms with E-state index in [2.05, 4.69) is 0 Å². The second-order valence-electron chi connectivity index (χ2n) is 6.26. The van der Waals surface area contributed by atoms with Crippen LogP contribution < -0.4 is 0 Å². The molecule has 0 saturated carbocycles. The predicted octanol–water partition coefficient (Wildman–Crippen LogP) is 2.85. The minimum atomic E-state index is -0.654. The van der Waals surface area contributed by atoms with Gasteiger partial charge in [-0.25, -0.2) is 4.79 Å². The number of ether oxygens (including phenoxy) is 1. The summed E-state index contributed by atoms with van der Waals surface area (Å²) in [7, 11) is 0. The SMILES string of the molecule is Cc1cc(C(=O)OCC(=O)N2[C@H](C)CCC[C@@H]2C)ccc1[N+](=O)[O-]. The Balaban J connectivity index is 1.99. The van der Waals surface area contributed by atoms with E-state index in [0.29, 0.717) is 5.56 Å². The molecule has 1 aromatic rings. The molecular formula is C17H22N2O5. The van der Waals surface area contributed by atoms with Crippen molar-refractivity contribution in [1.29, 1.82) is 0 Å². The van der Waals surface area contributed by atoms with E-state index >= 15 is 0 Å². The molecule has 1 amide bonds. The number of benzene rings is 1. The van der Waals surface area contributed by atoms with Crippen LogP contribution in [0.4, 0.5) is 5.69 Å². The maximum Gasteiger partial charge on any atom is 0.338 e. The number of rotatable bonds is 4. The van der Waals surface area contributed by atoms with Gasteiger partial charge in [0.1, 0.15) is 0 Å². The third kappa shape index (κ3) is 3.90. The number of nitrogens with zero attached hydrogens (tertiary/aromatic N) is 2. The number of hydrogen-bond donors (Lipinski definition) is 0. The molecule has 0 spiro atoms. The van der Waals surface area contributed by atoms with Gasteiger partial charge in [0.2, 0.25) is 0 Å². The van der Waals surface area contributed by atoms with Gasteiger partial charge >= 0.3 is 5.97 Å². The monoisotopic (exact) mass is 334 g/mol. The van der Waals surface area contributed by atoms with Crippen molar-refractivity contribution in [3.05, 3.63) is 39.4 Å². The number of piperidine rings is 1. The van der Waals surface area contributed by atoms with Crippen molar-refractivity contribution in [2.75, 3.05) is 6.61 Å². The van der Waals surface area contributed by atoms with Crippen LogP contribution in [-0.4, -0.2) is 40.4 Å². The molecule has 0 N–H and O–H groups in total. The third-order valence-corrected chi connectivity index (χ3v) is 4.44. The first-order valence-electron chi connectivity index (χ1n) is 8.04. The van der Waals surface area contributed by atoms with E-state index in [1.54, 1.807) is 11.8 Å². The highest BCUT2D eigenvalue weighted by Crippen LogP contribution is 2.23. The topological polar surface area (TPSA) is 89.8 Å². The molecule has 1 saturated heterocycles. The largest absolute Gasteiger partial charge is 0.452 e. The Labute approximate surface area is 140 Å². The number of carbonyl (C=O) groups excluding carboxylic acids is 2. The number of nitro benzene ring substituents is 1. The molecule has 130 valence electrons. The number of esters is 1. The van der Waals surface area contributed by atoms with E-state index < -0.39 is 10.9 Å². The van der Waals surface area contributed by atoms with E-state index in [0.717, 1.165) is 19.3 Å². The van der Waals surface area contributed by atoms with E-state index in [-0.39, 0.29) is 35.8 Å². The van der Waals surface area contributed by atoms with Gasteiger partial charge in [0.25, 0.3) is 11.6 Å². The summed E-state index contributed by atoms with van der Waals surface area (Å²) in [6.07, 6.45) is 2.99. The molecule has 1 aromatic carbocycles. The fraction of sp³-hybridized carbons (Fsp3) is 0.529. The van der Waals surface area contributed by atoms with Crippen molar-refractivity contribution in [2.24, 2.45) is 0 Å². The van der Waals surface area contributed by atoms with Crippen LogP contribution in [-0.2, 0) is 9.53 Å². The molecule has 0 radical (unpaired) electrons. The third-order valence-electron chi connectivity index (χ3n) is 4.44. The lowest BCUT2D eigenvalue weighted by molar-refractivity contribution is -0.385. The second-order valence-corrected chi connectivity index (χ2v) is 6.26. The van der Waals surface area contributed by atoms with Crippen LogP contribution in [0, 0.1) is 17.0 Å². The summed E-state index contributed by atoms with van der Waals surface area (Å²) in [5.74, 6) is -0.861. The molecule has 1 fully saturated rings. The normalized spacial score (nSPS) is 20.5. The molecular weight excluding hydrogens is 312 g/mol. The number of carbonyl (C=O) groups is 2. The Morgan fingerprint density at radius 1 is 1.29 bits per heavy atom. The van der Waals surface area contributed by atoms with Gasteiger partial charge < -0.3 is 9.64 Å². The highest BCUT2D eigenvalue weighted by atomic mass is 16.6. The zero-order valence-electron chi connectivity index (χ0n) is 14.2. The minimum Gasteiger partial charge on any atom is -0.452 e. The van der Waals surface area contributed by atoms with E-state index in [9.17, 15) is 19.7 Å². The molecule has 2 rings (SSSR count). The van der Waals surface area contributed by atoms with Crippen LogP contribution in [0.25, 0.3) is 0 Å². The van der Waals surface area contributed by atoms with Crippen LogP contribution in [0.3, 0.4) is 0 Å². The summed E-state index contributed by atoms with van der Waals surface area (Å²) >= 11 is 0. The van der Waals surface area contributed by atoms with Gasteiger partial charge in [-0.05, 0) is 52.2 Å². The Hall–Kier alpha value is -2.44. The molecule has 7 nitrogen and oxygen atoms in total. The van der Waals surface area contributed by atoms with Crippen molar-refractivity contribution in [3.8, 4) is 0 Å². The second kappa shape index (κ2) is 7.42. The molecule has 1 aliphatic rings. The number of nitro groups is 1. The first-order chi connectivity index (χ1) is 11.3. The Bertz CT molecular complexity index is 648. The number of aryl methyl sites for hydroxylation is 1. The molecule has 0 bridgehead atoms. The van der Waals surface area contributed by atoms with Gasteiger partial charge in [0.15, 0.2) is 6.61 Å². The summed E-state index contributed by atoms with van der Waals surface area (Å²) in [6.45, 7) is 5.23. The molecule has 0 aromatic heterocycles. The summed E-state index contributed by atoms with van der Waals surface area (Å²) < 4.78 is 5.10. The summed E-state index contributed by atoms with van der Waals surface area (Å²) in [5, 5.41) is 10.8. The van der Waals surface area contributed by atoms with Gasteiger partial charge in [0.05, 0.1) is 10.5 Å². The summed E-state index contributed by atoms with van der Waals surface area (Å²) in [4.78, 5) is 36.5. The highest BCUT2D eigenvalue weighted by Gasteiger charge is 2.29. The van der Waals surface area contributed by atoms with Crippen LogP contribution in [0.1, 0.15) is 49.0 Å². The van der Waals surface area contributed by atoms with Crippen LogP contribution >= 0.6 is 0 Å². The van der Waals surface area contributed by atoms with E-state index in [1.807, 2.05) is 13.8 Å². The standard InChI is InChI=1S/C17H22N2O5/c1-11-9-14(7-8-15(11)19(22)23)17(21)24-10-16(20)18-12(2)5-4-6-13(18)3/h7-9,12-13H,4-6,10H2,1-3H3/t12-,13+. The van der Waals surface area contributed by atoms with Crippen LogP contribution in [0.2, 0.25) is 0 Å². The first-order valence-corrected chi connectivity index (χ1v) is 8.04. The highest BCUT2D eigenvalue weighted by molar-refractivity contribution is 5.92. The molecule has 1 heterocycles. The number of hydrogen-bond acceptors (Lipinski definition) is 5. The van der Waals surface area contributed by atoms with Crippen LogP contribution in [0.5, 0.6) is 0 Å². The average Bonchev–Trinajstić information content (AvgIpc) is 2.51. The summed E-state index contributed by atoms with van der Waals surface area (Å²) in [6, 6.07) is 4.28. The number of likely N-dealkylation sites (tertiary alicyclic amines) is 1. The van der Waals surface area contributed by atoms with Gasteiger partial charge in [0, 0.05) is 23.7 Å². The lowest BCUT2D eigenvalue weighted by atomic mass is 9.97. The molecule has 0 aliphatic carbocycles. The van der Waals surface area contributed by atoms with Crippen molar-refractivity contribution in [3.63, 3.8) is 0 Å². The van der Waals surface area contributed by atoms with Crippen molar-refractivity contribution >= 4 is 17.6 Å². The lowest BCUT2D eigenvalue weighted by Crippen LogP contribution is -2.49. The van der Waals surface area contributed by atoms with Gasteiger partial charge in [-0.2, -0.15) is 0 Å². The molecule has 24 heavy (non-hydrogen) atoms. The molecule has 1 aliphatic heterocycles. The fourth-order valence-corrected chi connectivity index (χ4v) is 3.19. The Morgan fingerprint density at radius 3 is 2.46 bits per heavy atom. The van der Waals surface area contributed by atoms with Gasteiger partial charge in [-0.15, -0.1) is 0 Å². The number of amides is 1. The average molecular weight is 334 g/mol. The lowest BCUT2D eigenvalue weighted by Gasteiger charge is -2.38. The van der Waals surface area contributed by atoms with Crippen molar-refractivity contribution in [1.82, 2.24) is 4.90 Å². The minimum absolute atomic E-state index is 0.0569. The fourth-order valence-electron chi connectivity index (χ4n) is 3.19. The maximum atomic E-state index is 12.3. The molecule has 2 atom stereocenters. The smallest absolute Gasteiger partial charge is 0.338 e. The van der Waals surface area contributed by atoms with E-state index in [4.69, 9.17) is 4.74 Å². The van der Waals surface area contributed by atoms with Crippen LogP contribution in [0.15, 0.2) is 18.2 Å². The molecule has 7 heteroatoms. The maximum absolute atomic E-state index is 12.3. The van der Waals surface area contributed by atoms with Gasteiger partial charge in [-0.1, -0.05) is 0 Å². The van der Waals surface area contributed by atoms with E-state index in [1.165, 1.54) is 18.2 Å². The molecule has 0 unspecified atom stereocenters. The first kappa shape index (κ1) is 17.9. The summed E-state index contributed by atoms with van der Waals surface area (Å²) in [5.41, 5.74) is 0.517. The zero-order chi connectivity index (χ0) is 17.9.